The maximum atomic E-state index is 14.3. The van der Waals surface area contributed by atoms with E-state index in [1.165, 1.54) is 52.5 Å². The van der Waals surface area contributed by atoms with Crippen molar-refractivity contribution >= 4 is 122 Å². The Bertz CT molecular complexity index is 4650. The number of imidazole rings is 1. The molecule has 10 rings (SSSR count). The van der Waals surface area contributed by atoms with Gasteiger partial charge in [0.1, 0.15) is 30.1 Å². The molecule has 8 N–H and O–H groups in total. The Morgan fingerprint density at radius 1 is 0.694 bits per heavy atom. The molecule has 108 heavy (non-hydrogen) atoms. The molecule has 3 aliphatic heterocycles. The van der Waals surface area contributed by atoms with E-state index in [1.54, 1.807) is 105 Å². The summed E-state index contributed by atoms with van der Waals surface area (Å²) in [6.45, 7) is 9.39. The highest BCUT2D eigenvalue weighted by molar-refractivity contribution is 7.98. The number of aliphatic hydroxyl groups is 1. The van der Waals surface area contributed by atoms with Crippen molar-refractivity contribution < 1.29 is 86.3 Å². The van der Waals surface area contributed by atoms with Gasteiger partial charge >= 0.3 is 6.09 Å². The van der Waals surface area contributed by atoms with E-state index in [0.29, 0.717) is 28.2 Å². The Hall–Kier alpha value is -11.9. The van der Waals surface area contributed by atoms with E-state index < -0.39 is 83.6 Å². The third-order valence-electron chi connectivity index (χ3n) is 17.9. The van der Waals surface area contributed by atoms with Gasteiger partial charge in [0.2, 0.25) is 35.4 Å². The number of hydrogen-bond acceptors (Lipinski definition) is 20. The predicted molar refractivity (Wildman–Crippen MR) is 396 cm³/mol. The van der Waals surface area contributed by atoms with E-state index in [1.807, 2.05) is 30.5 Å². The summed E-state index contributed by atoms with van der Waals surface area (Å²) in [5, 5.41) is 31.9. The zero-order chi connectivity index (χ0) is 77.6. The standard InChI is InChI=1S/C74H85N15O18S/c1-42(2)65(82-62(92)22-27-104-29-30-105-28-23-75-60(90)21-25-87-63(93)18-19-64(87)94)69(97)76-44(4)67(95)77-47-14-12-45(13-15-47)41-107-74(102)89-53-36-58(57(103-8)35-51(53)71(99)88-37-43(3)31-56(88)73(89)101)106-26-10-11-61(91)80-59-40-85(7)66(81-59)70(98)79-48-33-54(83(5)38-48)68(96)78-49-34-55(84(6)39-49)72(100)86-24-20-46-32-50(108-9)16-17-52(46)86/h12-20,24,32-36,38-40,42,44,56,65,73,101H,3,10-11,21-23,25-31,37,41H2,1-2,4-9H3,(H,75,90)(H,76,97)(H,77,95)(H,78,96)(H,79,98)(H,80,91)(H,82,92)/t44-,56-,65-,73?/m0/s1. The Morgan fingerprint density at radius 3 is 2.09 bits per heavy atom. The van der Waals surface area contributed by atoms with Crippen LogP contribution in [0.5, 0.6) is 11.5 Å². The number of benzene rings is 3. The predicted octanol–water partition coefficient (Wildman–Crippen LogP) is 5.46. The van der Waals surface area contributed by atoms with Gasteiger partial charge in [0.15, 0.2) is 23.5 Å². The molecule has 33 nitrogen and oxygen atoms in total. The van der Waals surface area contributed by atoms with Crippen molar-refractivity contribution in [2.24, 2.45) is 27.1 Å². The molecule has 7 heterocycles. The van der Waals surface area contributed by atoms with Crippen molar-refractivity contribution in [2.75, 3.05) is 92.2 Å². The van der Waals surface area contributed by atoms with Crippen LogP contribution in [0.1, 0.15) is 100 Å². The number of thioether (sulfide) groups is 1. The van der Waals surface area contributed by atoms with Crippen LogP contribution in [0.3, 0.4) is 0 Å². The topological polar surface area (TPSA) is 398 Å². The lowest BCUT2D eigenvalue weighted by molar-refractivity contribution is -0.137. The van der Waals surface area contributed by atoms with Crippen LogP contribution in [-0.4, -0.2) is 200 Å². The molecule has 3 aromatic carbocycles. The van der Waals surface area contributed by atoms with Gasteiger partial charge in [0.25, 0.3) is 35.4 Å². The number of anilines is 5. The number of aryl methyl sites for hydroxylation is 3. The number of aromatic nitrogens is 5. The second kappa shape index (κ2) is 35.5. The minimum Gasteiger partial charge on any atom is -0.493 e. The number of methoxy groups -OCH3 is 1. The summed E-state index contributed by atoms with van der Waals surface area (Å²) < 4.78 is 34.6. The fourth-order valence-electron chi connectivity index (χ4n) is 12.2. The van der Waals surface area contributed by atoms with Gasteiger partial charge in [0.05, 0.1) is 74.3 Å². The van der Waals surface area contributed by atoms with Gasteiger partial charge in [-0.15, -0.1) is 11.8 Å². The summed E-state index contributed by atoms with van der Waals surface area (Å²) in [6.07, 6.45) is 8.11. The van der Waals surface area contributed by atoms with Gasteiger partial charge in [-0.05, 0) is 92.1 Å². The average Bonchev–Trinajstić information content (AvgIpc) is 1.59. The van der Waals surface area contributed by atoms with Crippen LogP contribution in [0.4, 0.5) is 33.4 Å². The van der Waals surface area contributed by atoms with Crippen LogP contribution in [0.15, 0.2) is 127 Å². The number of nitrogens with zero attached hydrogens (tertiary/aromatic N) is 8. The largest absolute Gasteiger partial charge is 0.493 e. The Kier molecular flexibility index (Phi) is 25.9. The highest BCUT2D eigenvalue weighted by Gasteiger charge is 2.46. The molecule has 4 atom stereocenters. The smallest absolute Gasteiger partial charge is 0.416 e. The molecule has 0 radical (unpaired) electrons. The number of carbonyl (C=O) groups is 12. The summed E-state index contributed by atoms with van der Waals surface area (Å²) in [5.41, 5.74) is 3.36. The molecule has 1 unspecified atom stereocenters. The summed E-state index contributed by atoms with van der Waals surface area (Å²) >= 11 is 1.61. The first-order valence-electron chi connectivity index (χ1n) is 34.6. The minimum absolute atomic E-state index is 0.00539. The van der Waals surface area contributed by atoms with Gasteiger partial charge in [-0.3, -0.25) is 62.2 Å². The van der Waals surface area contributed by atoms with E-state index >= 15 is 0 Å². The zero-order valence-electron chi connectivity index (χ0n) is 60.8. The molecule has 0 spiro atoms. The van der Waals surface area contributed by atoms with Gasteiger partial charge < -0.3 is 84.6 Å². The highest BCUT2D eigenvalue weighted by atomic mass is 32.2. The number of imide groups is 1. The number of rotatable bonds is 33. The lowest BCUT2D eigenvalue weighted by Crippen LogP contribution is -2.53. The molecule has 7 aromatic rings. The number of nitrogens with one attached hydrogen (secondary N) is 7. The third kappa shape index (κ3) is 19.2. The summed E-state index contributed by atoms with van der Waals surface area (Å²) in [5.74, 6) is -5.46. The molecule has 3 aliphatic rings. The first-order chi connectivity index (χ1) is 51.7. The summed E-state index contributed by atoms with van der Waals surface area (Å²) in [6, 6.07) is 16.9. The SMILES string of the molecule is C=C1C[C@H]2C(O)N(C(=O)OCc3ccc(NC(=O)[C@H](C)NC(=O)[C@@H](NC(=O)CCOCCOCCNC(=O)CCN4C(=O)C=CC4=O)C(C)C)cc3)c3cc(OCCCC(=O)Nc4cn(C)c(C(=O)Nc5cc(C(=O)Nc6cc(C(=O)n7ccc8cc(SC)ccc87)n(C)c6)n(C)c5)n4)c(OC)cc3C(=O)N2C1. The maximum absolute atomic E-state index is 14.3. The van der Waals surface area contributed by atoms with Gasteiger partial charge in [0, 0.05) is 119 Å². The Labute approximate surface area is 624 Å². The van der Waals surface area contributed by atoms with Gasteiger partial charge in [-0.1, -0.05) is 38.1 Å². The van der Waals surface area contributed by atoms with Crippen molar-refractivity contribution in [3.8, 4) is 11.5 Å². The van der Waals surface area contributed by atoms with E-state index in [0.717, 1.165) is 37.8 Å². The maximum Gasteiger partial charge on any atom is 0.416 e. The third-order valence-corrected chi connectivity index (χ3v) is 18.6. The molecule has 1 fully saturated rings. The highest BCUT2D eigenvalue weighted by Crippen LogP contribution is 2.42. The van der Waals surface area contributed by atoms with Crippen LogP contribution >= 0.6 is 11.8 Å². The molecule has 0 bridgehead atoms. The molecule has 4 aromatic heterocycles. The summed E-state index contributed by atoms with van der Waals surface area (Å²) in [4.78, 5) is 166. The number of amides is 11. The number of hydrogen-bond donors (Lipinski definition) is 8. The Balaban J connectivity index is 0.664. The molecular weight excluding hydrogens is 1420 g/mol. The minimum atomic E-state index is -1.62. The molecule has 0 aliphatic carbocycles. The van der Waals surface area contributed by atoms with E-state index in [-0.39, 0.29) is 155 Å². The monoisotopic (exact) mass is 1500 g/mol. The van der Waals surface area contributed by atoms with Gasteiger partial charge in [-0.2, -0.15) is 0 Å². The van der Waals surface area contributed by atoms with Crippen LogP contribution in [-0.2, 0) is 75.5 Å². The second-order valence-corrected chi connectivity index (χ2v) is 27.0. The van der Waals surface area contributed by atoms with Crippen LogP contribution < -0.4 is 51.6 Å². The number of carbonyl (C=O) groups excluding carboxylic acids is 12. The number of ether oxygens (including phenoxy) is 5. The van der Waals surface area contributed by atoms with Crippen molar-refractivity contribution in [2.45, 2.75) is 88.7 Å². The number of fused-ring (bicyclic) bond motifs is 3. The first-order valence-corrected chi connectivity index (χ1v) is 35.8. The summed E-state index contributed by atoms with van der Waals surface area (Å²) in [7, 11) is 6.28. The molecule has 11 amide bonds. The number of aliphatic hydroxyl groups excluding tert-OH is 1. The zero-order valence-corrected chi connectivity index (χ0v) is 61.6. The van der Waals surface area contributed by atoms with Crippen molar-refractivity contribution in [3.63, 3.8) is 0 Å². The van der Waals surface area contributed by atoms with Crippen molar-refractivity contribution in [1.29, 1.82) is 0 Å². The quantitative estimate of drug-likeness (QED) is 0.0110. The molecular formula is C74H85N15O18S. The van der Waals surface area contributed by atoms with Crippen LogP contribution in [0.25, 0.3) is 10.9 Å². The fraction of sp³-hybridized carbons (Fsp3) is 0.365. The molecule has 0 saturated carbocycles. The first kappa shape index (κ1) is 78.7. The van der Waals surface area contributed by atoms with Crippen LogP contribution in [0, 0.1) is 5.92 Å². The van der Waals surface area contributed by atoms with Crippen molar-refractivity contribution in [3.05, 3.63) is 150 Å². The normalized spacial score (nSPS) is 15.1. The van der Waals surface area contributed by atoms with E-state index in [4.69, 9.17) is 23.7 Å². The lowest BCUT2D eigenvalue weighted by Gasteiger charge is -2.31. The Morgan fingerprint density at radius 2 is 1.39 bits per heavy atom. The lowest BCUT2D eigenvalue weighted by atomic mass is 10.0. The molecule has 1 saturated heterocycles. The van der Waals surface area contributed by atoms with Crippen molar-refractivity contribution in [1.82, 2.24) is 49.0 Å². The van der Waals surface area contributed by atoms with E-state index in [9.17, 15) is 62.6 Å². The molecule has 570 valence electrons. The van der Waals surface area contributed by atoms with E-state index in [2.05, 4.69) is 48.8 Å². The molecule has 34 heteroatoms. The van der Waals surface area contributed by atoms with Crippen LogP contribution in [0.2, 0.25) is 0 Å². The average molecular weight is 1500 g/mol. The fourth-order valence-corrected chi connectivity index (χ4v) is 12.6. The second-order valence-electron chi connectivity index (χ2n) is 26.1. The van der Waals surface area contributed by atoms with Gasteiger partial charge in [-0.25, -0.2) is 14.7 Å².